The van der Waals surface area contributed by atoms with Gasteiger partial charge in [0.25, 0.3) is 0 Å². The zero-order valence-electron chi connectivity index (χ0n) is 11.0. The fourth-order valence-corrected chi connectivity index (χ4v) is 2.91. The van der Waals surface area contributed by atoms with Crippen LogP contribution in [0.1, 0.15) is 0 Å². The van der Waals surface area contributed by atoms with Crippen molar-refractivity contribution in [1.82, 2.24) is 9.55 Å². The Morgan fingerprint density at radius 3 is 2.60 bits per heavy atom. The molecule has 0 unspecified atom stereocenters. The number of pyridine rings is 2. The molecule has 0 bridgehead atoms. The third-order valence-electron chi connectivity index (χ3n) is 3.85. The normalized spacial score (nSPS) is 11.4. The van der Waals surface area contributed by atoms with Crippen LogP contribution in [0.3, 0.4) is 0 Å². The largest absolute Gasteiger partial charge is 0.343 e. The third kappa shape index (κ3) is 1.35. The first-order valence-electron chi connectivity index (χ1n) is 6.52. The first-order valence-corrected chi connectivity index (χ1v) is 6.52. The van der Waals surface area contributed by atoms with E-state index < -0.39 is 0 Å². The van der Waals surface area contributed by atoms with Crippen LogP contribution < -0.4 is 5.43 Å². The molecule has 2 aromatic heterocycles. The second kappa shape index (κ2) is 3.90. The minimum absolute atomic E-state index is 0.0828. The molecule has 2 aromatic carbocycles. The number of aromatic nitrogens is 2. The molecule has 0 saturated heterocycles. The van der Waals surface area contributed by atoms with Crippen LogP contribution in [-0.4, -0.2) is 9.55 Å². The van der Waals surface area contributed by atoms with Crippen molar-refractivity contribution in [3.63, 3.8) is 0 Å². The average Bonchev–Trinajstić information content (AvgIpc) is 2.51. The number of hydrogen-bond acceptors (Lipinski definition) is 2. The maximum absolute atomic E-state index is 12.7. The van der Waals surface area contributed by atoms with Gasteiger partial charge in [0.05, 0.1) is 16.6 Å². The Kier molecular flexibility index (Phi) is 2.18. The van der Waals surface area contributed by atoms with Gasteiger partial charge in [-0.3, -0.25) is 9.78 Å². The number of nitrogens with zero attached hydrogens (tertiary/aromatic N) is 2. The number of aryl methyl sites for hydroxylation is 1. The molecular weight excluding hydrogens is 248 g/mol. The van der Waals surface area contributed by atoms with Gasteiger partial charge < -0.3 is 4.57 Å². The van der Waals surface area contributed by atoms with Crippen molar-refractivity contribution in [3.05, 3.63) is 65.0 Å². The first-order chi connectivity index (χ1) is 9.77. The predicted octanol–water partition coefficient (Wildman–Crippen LogP) is 3.24. The van der Waals surface area contributed by atoms with Crippen LogP contribution in [0.2, 0.25) is 0 Å². The standard InChI is InChI=1S/C17H12N2O/c1-19-15-7-3-2-5-12(15)17(20)13-8-9-14-11(16(13)19)6-4-10-18-14/h2-10H,1H3. The zero-order valence-corrected chi connectivity index (χ0v) is 11.0. The Labute approximate surface area is 115 Å². The van der Waals surface area contributed by atoms with Crippen LogP contribution in [0, 0.1) is 0 Å². The number of fused-ring (bicyclic) bond motifs is 4. The highest BCUT2D eigenvalue weighted by Crippen LogP contribution is 2.24. The van der Waals surface area contributed by atoms with Gasteiger partial charge >= 0.3 is 0 Å². The summed E-state index contributed by atoms with van der Waals surface area (Å²) in [5.41, 5.74) is 2.88. The smallest absolute Gasteiger partial charge is 0.197 e. The van der Waals surface area contributed by atoms with Crippen LogP contribution in [0.25, 0.3) is 32.7 Å². The lowest BCUT2D eigenvalue weighted by Gasteiger charge is -2.12. The van der Waals surface area contributed by atoms with Gasteiger partial charge in [0.2, 0.25) is 0 Å². The number of para-hydroxylation sites is 1. The fraction of sp³-hybridized carbons (Fsp3) is 0.0588. The first kappa shape index (κ1) is 11.2. The molecule has 0 spiro atoms. The van der Waals surface area contributed by atoms with E-state index in [1.54, 1.807) is 6.20 Å². The molecule has 3 heteroatoms. The molecule has 20 heavy (non-hydrogen) atoms. The minimum Gasteiger partial charge on any atom is -0.343 e. The summed E-state index contributed by atoms with van der Waals surface area (Å²) in [5.74, 6) is 0. The molecule has 4 rings (SSSR count). The van der Waals surface area contributed by atoms with E-state index >= 15 is 0 Å². The third-order valence-corrected chi connectivity index (χ3v) is 3.85. The van der Waals surface area contributed by atoms with E-state index in [2.05, 4.69) is 9.55 Å². The van der Waals surface area contributed by atoms with Gasteiger partial charge in [-0.05, 0) is 36.4 Å². The lowest BCUT2D eigenvalue weighted by molar-refractivity contribution is 1.01. The van der Waals surface area contributed by atoms with Crippen LogP contribution in [-0.2, 0) is 7.05 Å². The Bertz CT molecular complexity index is 1030. The minimum atomic E-state index is 0.0828. The van der Waals surface area contributed by atoms with Crippen molar-refractivity contribution in [1.29, 1.82) is 0 Å². The van der Waals surface area contributed by atoms with Crippen molar-refractivity contribution in [2.24, 2.45) is 7.05 Å². The van der Waals surface area contributed by atoms with Gasteiger partial charge in [0.1, 0.15) is 0 Å². The average molecular weight is 260 g/mol. The Morgan fingerprint density at radius 1 is 0.900 bits per heavy atom. The summed E-state index contributed by atoms with van der Waals surface area (Å²) in [7, 11) is 2.00. The number of rotatable bonds is 0. The molecule has 2 heterocycles. The van der Waals surface area contributed by atoms with E-state index in [9.17, 15) is 4.79 Å². The number of hydrogen-bond donors (Lipinski definition) is 0. The Hall–Kier alpha value is -2.68. The van der Waals surface area contributed by atoms with Gasteiger partial charge in [-0.1, -0.05) is 12.1 Å². The summed E-state index contributed by atoms with van der Waals surface area (Å²) in [5, 5.41) is 2.51. The van der Waals surface area contributed by atoms with Gasteiger partial charge in [-0.2, -0.15) is 0 Å². The van der Waals surface area contributed by atoms with Crippen LogP contribution in [0.4, 0.5) is 0 Å². The summed E-state index contributed by atoms with van der Waals surface area (Å²) in [6.45, 7) is 0. The fourth-order valence-electron chi connectivity index (χ4n) is 2.91. The van der Waals surface area contributed by atoms with E-state index in [0.717, 1.165) is 32.7 Å². The molecule has 0 radical (unpaired) electrons. The highest BCUT2D eigenvalue weighted by atomic mass is 16.1. The maximum atomic E-state index is 12.7. The summed E-state index contributed by atoms with van der Waals surface area (Å²) < 4.78 is 2.08. The molecule has 0 aliphatic carbocycles. The Morgan fingerprint density at radius 2 is 1.70 bits per heavy atom. The Balaban J connectivity index is 2.42. The second-order valence-electron chi connectivity index (χ2n) is 4.94. The molecule has 0 atom stereocenters. The maximum Gasteiger partial charge on any atom is 0.197 e. The molecule has 0 fully saturated rings. The molecule has 0 amide bonds. The lowest BCUT2D eigenvalue weighted by atomic mass is 10.1. The summed E-state index contributed by atoms with van der Waals surface area (Å²) in [6.07, 6.45) is 1.77. The SMILES string of the molecule is Cn1c2ccccc2c(=O)c2ccc3ncccc3c21. The molecule has 4 aromatic rings. The lowest BCUT2D eigenvalue weighted by Crippen LogP contribution is -2.09. The van der Waals surface area contributed by atoms with E-state index in [4.69, 9.17) is 0 Å². The van der Waals surface area contributed by atoms with Crippen LogP contribution >= 0.6 is 0 Å². The molecule has 0 saturated carbocycles. The van der Waals surface area contributed by atoms with Gasteiger partial charge in [-0.25, -0.2) is 0 Å². The molecule has 0 aliphatic rings. The molecule has 3 nitrogen and oxygen atoms in total. The van der Waals surface area contributed by atoms with Crippen molar-refractivity contribution in [3.8, 4) is 0 Å². The summed E-state index contributed by atoms with van der Waals surface area (Å²) in [6, 6.07) is 15.4. The highest BCUT2D eigenvalue weighted by Gasteiger charge is 2.10. The van der Waals surface area contributed by atoms with Crippen molar-refractivity contribution in [2.75, 3.05) is 0 Å². The monoisotopic (exact) mass is 260 g/mol. The van der Waals surface area contributed by atoms with E-state index in [1.807, 2.05) is 55.6 Å². The van der Waals surface area contributed by atoms with Crippen LogP contribution in [0.15, 0.2) is 59.5 Å². The molecule has 96 valence electrons. The zero-order chi connectivity index (χ0) is 13.7. The van der Waals surface area contributed by atoms with E-state index in [-0.39, 0.29) is 5.43 Å². The van der Waals surface area contributed by atoms with Crippen molar-refractivity contribution >= 4 is 32.7 Å². The molecule has 0 N–H and O–H groups in total. The summed E-state index contributed by atoms with van der Waals surface area (Å²) in [4.78, 5) is 17.0. The van der Waals surface area contributed by atoms with Crippen molar-refractivity contribution in [2.45, 2.75) is 0 Å². The van der Waals surface area contributed by atoms with E-state index in [1.165, 1.54) is 0 Å². The molecular formula is C17H12N2O. The second-order valence-corrected chi connectivity index (χ2v) is 4.94. The van der Waals surface area contributed by atoms with Crippen LogP contribution in [0.5, 0.6) is 0 Å². The van der Waals surface area contributed by atoms with Gasteiger partial charge in [-0.15, -0.1) is 0 Å². The van der Waals surface area contributed by atoms with Gasteiger partial charge in [0.15, 0.2) is 5.43 Å². The highest BCUT2D eigenvalue weighted by molar-refractivity contribution is 6.07. The van der Waals surface area contributed by atoms with E-state index in [0.29, 0.717) is 0 Å². The number of benzene rings is 2. The predicted molar refractivity (Wildman–Crippen MR) is 82.0 cm³/mol. The van der Waals surface area contributed by atoms with Gasteiger partial charge in [0, 0.05) is 29.4 Å². The van der Waals surface area contributed by atoms with Crippen molar-refractivity contribution < 1.29 is 0 Å². The molecule has 0 aliphatic heterocycles. The summed E-state index contributed by atoms with van der Waals surface area (Å²) >= 11 is 0. The topological polar surface area (TPSA) is 34.9 Å². The quantitative estimate of drug-likeness (QED) is 0.359.